The molecular formula is C24H30FN5O3. The Kier molecular flexibility index (Phi) is 7.08. The molecule has 33 heavy (non-hydrogen) atoms. The lowest BCUT2D eigenvalue weighted by Gasteiger charge is -2.44. The van der Waals surface area contributed by atoms with Crippen LogP contribution >= 0.6 is 0 Å². The van der Waals surface area contributed by atoms with Crippen LogP contribution in [0.1, 0.15) is 30.5 Å². The number of anilines is 2. The topological polar surface area (TPSA) is 105 Å². The second-order valence-corrected chi connectivity index (χ2v) is 8.62. The number of hydrogen-bond acceptors (Lipinski definition) is 7. The zero-order valence-electron chi connectivity index (χ0n) is 18.8. The summed E-state index contributed by atoms with van der Waals surface area (Å²) in [6.45, 7) is 4.93. The fraction of sp³-hybridized carbons (Fsp3) is 0.458. The highest BCUT2D eigenvalue weighted by molar-refractivity contribution is 5.94. The predicted octanol–water partition coefficient (Wildman–Crippen LogP) is 2.77. The van der Waals surface area contributed by atoms with Crippen LogP contribution in [-0.4, -0.2) is 55.2 Å². The number of ether oxygens (including phenoxy) is 2. The van der Waals surface area contributed by atoms with E-state index in [-0.39, 0.29) is 31.1 Å². The quantitative estimate of drug-likeness (QED) is 0.358. The number of carbonyl (C=O) groups is 1. The van der Waals surface area contributed by atoms with E-state index in [1.165, 1.54) is 0 Å². The maximum absolute atomic E-state index is 14.9. The molecule has 2 aliphatic heterocycles. The number of piperidine rings is 1. The van der Waals surface area contributed by atoms with Crippen molar-refractivity contribution in [1.82, 2.24) is 4.98 Å². The van der Waals surface area contributed by atoms with Crippen LogP contribution in [0.3, 0.4) is 0 Å². The van der Waals surface area contributed by atoms with Crippen molar-refractivity contribution in [3.8, 4) is 0 Å². The zero-order valence-corrected chi connectivity index (χ0v) is 18.8. The van der Waals surface area contributed by atoms with Gasteiger partial charge in [0.2, 0.25) is 0 Å². The number of pyridine rings is 1. The summed E-state index contributed by atoms with van der Waals surface area (Å²) >= 11 is 0. The van der Waals surface area contributed by atoms with Gasteiger partial charge in [-0.15, -0.1) is 0 Å². The van der Waals surface area contributed by atoms with E-state index in [4.69, 9.17) is 20.6 Å². The van der Waals surface area contributed by atoms with Crippen LogP contribution < -0.4 is 15.5 Å². The molecule has 3 N–H and O–H groups in total. The highest BCUT2D eigenvalue weighted by Crippen LogP contribution is 2.30. The fourth-order valence-corrected chi connectivity index (χ4v) is 4.18. The van der Waals surface area contributed by atoms with Crippen LogP contribution in [0.15, 0.2) is 36.5 Å². The minimum Gasteiger partial charge on any atom is -0.460 e. The minimum absolute atomic E-state index is 0.0824. The van der Waals surface area contributed by atoms with E-state index in [1.807, 2.05) is 24.1 Å². The molecule has 4 rings (SSSR count). The number of hydrogen-bond donors (Lipinski definition) is 2. The van der Waals surface area contributed by atoms with Gasteiger partial charge in [0.1, 0.15) is 18.9 Å². The number of nitrogens with one attached hydrogen (secondary N) is 1. The number of halogens is 1. The summed E-state index contributed by atoms with van der Waals surface area (Å²) in [6.07, 6.45) is 3.84. The number of nitrogens with two attached hydrogens (primary N) is 1. The molecule has 0 saturated carbocycles. The molecule has 2 fully saturated rings. The Morgan fingerprint density at radius 3 is 2.61 bits per heavy atom. The Balaban J connectivity index is 1.23. The van der Waals surface area contributed by atoms with Crippen molar-refractivity contribution in [3.63, 3.8) is 0 Å². The Labute approximate surface area is 193 Å². The van der Waals surface area contributed by atoms with Gasteiger partial charge < -0.3 is 25.0 Å². The maximum atomic E-state index is 14.9. The van der Waals surface area contributed by atoms with Gasteiger partial charge in [-0.3, -0.25) is 15.2 Å². The summed E-state index contributed by atoms with van der Waals surface area (Å²) in [5.74, 6) is -1.32. The third kappa shape index (κ3) is 5.78. The van der Waals surface area contributed by atoms with E-state index in [1.54, 1.807) is 18.2 Å². The molecule has 0 aliphatic carbocycles. The van der Waals surface area contributed by atoms with Gasteiger partial charge in [-0.25, -0.2) is 4.39 Å². The summed E-state index contributed by atoms with van der Waals surface area (Å²) in [5.41, 5.74) is 8.13. The Morgan fingerprint density at radius 1 is 1.18 bits per heavy atom. The summed E-state index contributed by atoms with van der Waals surface area (Å²) in [4.78, 5) is 20.2. The van der Waals surface area contributed by atoms with Crippen LogP contribution in [-0.2, 0) is 20.9 Å². The third-order valence-electron chi connectivity index (χ3n) is 6.06. The number of esters is 1. The number of benzene rings is 1. The first-order valence-electron chi connectivity index (χ1n) is 11.2. The van der Waals surface area contributed by atoms with Crippen LogP contribution in [0, 0.1) is 18.2 Å². The van der Waals surface area contributed by atoms with E-state index in [9.17, 15) is 9.18 Å². The highest BCUT2D eigenvalue weighted by atomic mass is 19.1. The molecule has 3 heterocycles. The van der Waals surface area contributed by atoms with Gasteiger partial charge in [0.25, 0.3) is 0 Å². The maximum Gasteiger partial charge on any atom is 0.313 e. The van der Waals surface area contributed by atoms with Crippen LogP contribution in [0.4, 0.5) is 15.8 Å². The first kappa shape index (κ1) is 23.0. The number of carbonyl (C=O) groups excluding carboxylic acids is 1. The van der Waals surface area contributed by atoms with Gasteiger partial charge in [0, 0.05) is 37.4 Å². The van der Waals surface area contributed by atoms with Crippen molar-refractivity contribution in [2.75, 3.05) is 36.0 Å². The van der Waals surface area contributed by atoms with Crippen molar-refractivity contribution in [3.05, 3.63) is 53.6 Å². The number of nitrogens with zero attached hydrogens (tertiary/aromatic N) is 3. The highest BCUT2D eigenvalue weighted by Gasteiger charge is 2.33. The van der Waals surface area contributed by atoms with Gasteiger partial charge in [-0.1, -0.05) is 12.1 Å². The second-order valence-electron chi connectivity index (χ2n) is 8.62. The zero-order chi connectivity index (χ0) is 23.4. The number of amidine groups is 1. The summed E-state index contributed by atoms with van der Waals surface area (Å²) in [6, 6.07) is 9.20. The molecule has 0 radical (unpaired) electrons. The predicted molar refractivity (Wildman–Crippen MR) is 124 cm³/mol. The Bertz CT molecular complexity index is 986. The Hall–Kier alpha value is -3.20. The monoisotopic (exact) mass is 455 g/mol. The number of rotatable bonds is 8. The fourth-order valence-electron chi connectivity index (χ4n) is 4.18. The standard InChI is InChI=1S/C24H30FN5O3/c1-16-5-6-18(12-28-16)29-9-7-19(8-10-29)33-20-13-30(14-20)21-4-2-3-17(24(21)25)15-32-23(31)11-22(26)27/h2-6,12,19-20H,7-11,13-15H2,1H3,(H3,26,27). The summed E-state index contributed by atoms with van der Waals surface area (Å²) in [5, 5.41) is 7.12. The molecule has 0 amide bonds. The molecule has 176 valence electrons. The third-order valence-corrected chi connectivity index (χ3v) is 6.06. The first-order valence-corrected chi connectivity index (χ1v) is 11.2. The van der Waals surface area contributed by atoms with Crippen molar-refractivity contribution < 1.29 is 18.7 Å². The van der Waals surface area contributed by atoms with Crippen molar-refractivity contribution in [2.24, 2.45) is 5.73 Å². The molecule has 1 aromatic carbocycles. The van der Waals surface area contributed by atoms with Crippen LogP contribution in [0.5, 0.6) is 0 Å². The van der Waals surface area contributed by atoms with E-state index >= 15 is 0 Å². The number of aromatic nitrogens is 1. The van der Waals surface area contributed by atoms with Crippen LogP contribution in [0.25, 0.3) is 0 Å². The average molecular weight is 456 g/mol. The summed E-state index contributed by atoms with van der Waals surface area (Å²) < 4.78 is 26.2. The van der Waals surface area contributed by atoms with Gasteiger partial charge in [-0.2, -0.15) is 0 Å². The van der Waals surface area contributed by atoms with Gasteiger partial charge in [0.05, 0.1) is 29.8 Å². The first-order chi connectivity index (χ1) is 15.9. The van der Waals surface area contributed by atoms with Crippen molar-refractivity contribution in [2.45, 2.75) is 45.0 Å². The number of aryl methyl sites for hydroxylation is 1. The van der Waals surface area contributed by atoms with Gasteiger partial charge >= 0.3 is 5.97 Å². The molecule has 1 aromatic heterocycles. The molecule has 0 unspecified atom stereocenters. The largest absolute Gasteiger partial charge is 0.460 e. The van der Waals surface area contributed by atoms with Gasteiger partial charge in [-0.05, 0) is 38.0 Å². The molecule has 8 nitrogen and oxygen atoms in total. The van der Waals surface area contributed by atoms with E-state index in [0.29, 0.717) is 24.3 Å². The Morgan fingerprint density at radius 2 is 1.94 bits per heavy atom. The molecule has 2 aliphatic rings. The SMILES string of the molecule is Cc1ccc(N2CCC(OC3CN(c4cccc(COC(=O)CC(=N)N)c4F)C3)CC2)cn1. The lowest BCUT2D eigenvalue weighted by atomic mass is 10.0. The van der Waals surface area contributed by atoms with Crippen molar-refractivity contribution >= 4 is 23.2 Å². The lowest BCUT2D eigenvalue weighted by Crippen LogP contribution is -2.54. The molecule has 0 spiro atoms. The molecule has 0 bridgehead atoms. The van der Waals surface area contributed by atoms with E-state index < -0.39 is 11.8 Å². The lowest BCUT2D eigenvalue weighted by molar-refractivity contribution is -0.143. The molecule has 2 aromatic rings. The smallest absolute Gasteiger partial charge is 0.313 e. The molecule has 9 heteroatoms. The molecule has 0 atom stereocenters. The normalized spacial score (nSPS) is 17.0. The van der Waals surface area contributed by atoms with Crippen LogP contribution in [0.2, 0.25) is 0 Å². The minimum atomic E-state index is -0.644. The average Bonchev–Trinajstić information content (AvgIpc) is 2.76. The second kappa shape index (κ2) is 10.2. The van der Waals surface area contributed by atoms with Crippen molar-refractivity contribution in [1.29, 1.82) is 5.41 Å². The van der Waals surface area contributed by atoms with E-state index in [0.717, 1.165) is 37.3 Å². The molecule has 2 saturated heterocycles. The van der Waals surface area contributed by atoms with E-state index in [2.05, 4.69) is 16.0 Å². The molecular weight excluding hydrogens is 425 g/mol. The van der Waals surface area contributed by atoms with Gasteiger partial charge in [0.15, 0.2) is 5.82 Å². The summed E-state index contributed by atoms with van der Waals surface area (Å²) in [7, 11) is 0.